The first kappa shape index (κ1) is 13.6. The van der Waals surface area contributed by atoms with Crippen molar-refractivity contribution < 1.29 is 9.53 Å². The van der Waals surface area contributed by atoms with Gasteiger partial charge in [0.15, 0.2) is 0 Å². The van der Waals surface area contributed by atoms with Crippen molar-refractivity contribution in [1.82, 2.24) is 4.90 Å². The number of benzene rings is 1. The summed E-state index contributed by atoms with van der Waals surface area (Å²) < 4.78 is 5.20. The summed E-state index contributed by atoms with van der Waals surface area (Å²) in [5.74, 6) is 1.70. The fraction of sp³-hybridized carbons (Fsp3) is 0.588. The second-order valence-corrected chi connectivity index (χ2v) is 5.99. The Morgan fingerprint density at radius 3 is 2.65 bits per heavy atom. The Hall–Kier alpha value is -1.35. The Morgan fingerprint density at radius 1 is 1.20 bits per heavy atom. The molecule has 1 saturated heterocycles. The van der Waals surface area contributed by atoms with Gasteiger partial charge in [-0.25, -0.2) is 0 Å². The summed E-state index contributed by atoms with van der Waals surface area (Å²) in [6.07, 6.45) is 5.41. The zero-order chi connectivity index (χ0) is 13.9. The molecule has 0 radical (unpaired) electrons. The quantitative estimate of drug-likeness (QED) is 0.844. The SMILES string of the molecule is COc1ccc(CN2CCCC2C2CCCC2=O)cc1. The molecule has 108 valence electrons. The van der Waals surface area contributed by atoms with Crippen LogP contribution >= 0.6 is 0 Å². The average Bonchev–Trinajstić information content (AvgIpc) is 3.08. The number of rotatable bonds is 4. The lowest BCUT2D eigenvalue weighted by molar-refractivity contribution is -0.122. The average molecular weight is 273 g/mol. The highest BCUT2D eigenvalue weighted by Crippen LogP contribution is 2.34. The molecule has 1 aromatic carbocycles. The van der Waals surface area contributed by atoms with Gasteiger partial charge in [-0.3, -0.25) is 9.69 Å². The normalized spacial score (nSPS) is 27.1. The van der Waals surface area contributed by atoms with E-state index in [1.54, 1.807) is 7.11 Å². The predicted octanol–water partition coefficient (Wildman–Crippen LogP) is 3.03. The van der Waals surface area contributed by atoms with Crippen molar-refractivity contribution in [2.45, 2.75) is 44.7 Å². The van der Waals surface area contributed by atoms with Gasteiger partial charge in [0.2, 0.25) is 0 Å². The van der Waals surface area contributed by atoms with E-state index in [0.29, 0.717) is 17.7 Å². The van der Waals surface area contributed by atoms with E-state index in [1.165, 1.54) is 18.4 Å². The fourth-order valence-electron chi connectivity index (χ4n) is 3.72. The Kier molecular flexibility index (Phi) is 4.06. The molecule has 3 rings (SSSR count). The lowest BCUT2D eigenvalue weighted by Crippen LogP contribution is -2.36. The van der Waals surface area contributed by atoms with Gasteiger partial charge in [0.1, 0.15) is 11.5 Å². The summed E-state index contributed by atoms with van der Waals surface area (Å²) in [5, 5.41) is 0. The molecular weight excluding hydrogens is 250 g/mol. The summed E-state index contributed by atoms with van der Waals surface area (Å²) in [5.41, 5.74) is 1.31. The lowest BCUT2D eigenvalue weighted by Gasteiger charge is -2.28. The maximum atomic E-state index is 12.0. The summed E-state index contributed by atoms with van der Waals surface area (Å²) in [6, 6.07) is 8.77. The van der Waals surface area contributed by atoms with Crippen LogP contribution in [0.4, 0.5) is 0 Å². The molecule has 2 unspecified atom stereocenters. The molecule has 0 N–H and O–H groups in total. The van der Waals surface area contributed by atoms with Crippen molar-refractivity contribution in [3.63, 3.8) is 0 Å². The molecule has 1 heterocycles. The number of ether oxygens (including phenoxy) is 1. The van der Waals surface area contributed by atoms with E-state index in [-0.39, 0.29) is 0 Å². The fourth-order valence-corrected chi connectivity index (χ4v) is 3.72. The van der Waals surface area contributed by atoms with Crippen molar-refractivity contribution in [2.75, 3.05) is 13.7 Å². The van der Waals surface area contributed by atoms with E-state index >= 15 is 0 Å². The topological polar surface area (TPSA) is 29.5 Å². The molecule has 1 aliphatic heterocycles. The number of ketones is 1. The molecule has 2 fully saturated rings. The summed E-state index contributed by atoms with van der Waals surface area (Å²) in [7, 11) is 1.69. The number of carbonyl (C=O) groups excluding carboxylic acids is 1. The minimum atomic E-state index is 0.302. The summed E-state index contributed by atoms with van der Waals surface area (Å²) in [4.78, 5) is 14.5. The van der Waals surface area contributed by atoms with Gasteiger partial charge < -0.3 is 4.74 Å². The third-order valence-corrected chi connectivity index (χ3v) is 4.78. The van der Waals surface area contributed by atoms with Crippen molar-refractivity contribution in [3.05, 3.63) is 29.8 Å². The minimum absolute atomic E-state index is 0.302. The molecule has 1 saturated carbocycles. The number of nitrogens with zero attached hydrogens (tertiary/aromatic N) is 1. The maximum Gasteiger partial charge on any atom is 0.137 e. The zero-order valence-corrected chi connectivity index (χ0v) is 12.2. The highest BCUT2D eigenvalue weighted by atomic mass is 16.5. The standard InChI is InChI=1S/C17H23NO2/c1-20-14-9-7-13(8-10-14)12-18-11-3-5-16(18)15-4-2-6-17(15)19/h7-10,15-16H,2-6,11-12H2,1H3. The van der Waals surface area contributed by atoms with Crippen LogP contribution in [0.2, 0.25) is 0 Å². The summed E-state index contributed by atoms with van der Waals surface area (Å²) >= 11 is 0. The van der Waals surface area contributed by atoms with Gasteiger partial charge in [0.25, 0.3) is 0 Å². The molecule has 3 heteroatoms. The van der Waals surface area contributed by atoms with E-state index in [9.17, 15) is 4.79 Å². The van der Waals surface area contributed by atoms with Gasteiger partial charge in [0.05, 0.1) is 7.11 Å². The van der Waals surface area contributed by atoms with E-state index < -0.39 is 0 Å². The van der Waals surface area contributed by atoms with Gasteiger partial charge in [-0.05, 0) is 49.9 Å². The van der Waals surface area contributed by atoms with E-state index in [4.69, 9.17) is 4.74 Å². The van der Waals surface area contributed by atoms with Crippen LogP contribution in [-0.4, -0.2) is 30.4 Å². The second kappa shape index (κ2) is 5.96. The molecule has 0 aromatic heterocycles. The van der Waals surface area contributed by atoms with Crippen LogP contribution in [0.15, 0.2) is 24.3 Å². The number of hydrogen-bond acceptors (Lipinski definition) is 3. The summed E-state index contributed by atoms with van der Waals surface area (Å²) in [6.45, 7) is 2.08. The van der Waals surface area contributed by atoms with Crippen LogP contribution in [0.5, 0.6) is 5.75 Å². The highest BCUT2D eigenvalue weighted by Gasteiger charge is 2.37. The Balaban J connectivity index is 1.67. The van der Waals surface area contributed by atoms with Gasteiger partial charge in [-0.15, -0.1) is 0 Å². The molecule has 1 aromatic rings. The van der Waals surface area contributed by atoms with Crippen LogP contribution in [-0.2, 0) is 11.3 Å². The number of likely N-dealkylation sites (tertiary alicyclic amines) is 1. The van der Waals surface area contributed by atoms with Gasteiger partial charge in [0, 0.05) is 24.9 Å². The Labute approximate surface area is 120 Å². The minimum Gasteiger partial charge on any atom is -0.497 e. The number of hydrogen-bond donors (Lipinski definition) is 0. The van der Waals surface area contributed by atoms with Crippen LogP contribution in [0.1, 0.15) is 37.7 Å². The molecule has 2 aliphatic rings. The molecule has 1 aliphatic carbocycles. The maximum absolute atomic E-state index is 12.0. The van der Waals surface area contributed by atoms with E-state index in [1.807, 2.05) is 12.1 Å². The molecule has 3 nitrogen and oxygen atoms in total. The van der Waals surface area contributed by atoms with Gasteiger partial charge >= 0.3 is 0 Å². The van der Waals surface area contributed by atoms with E-state index in [2.05, 4.69) is 17.0 Å². The molecule has 0 bridgehead atoms. The number of carbonyl (C=O) groups is 1. The van der Waals surface area contributed by atoms with Crippen molar-refractivity contribution in [2.24, 2.45) is 5.92 Å². The number of methoxy groups -OCH3 is 1. The zero-order valence-electron chi connectivity index (χ0n) is 12.2. The Morgan fingerprint density at radius 2 is 2.00 bits per heavy atom. The largest absolute Gasteiger partial charge is 0.497 e. The number of Topliss-reactive ketones (excluding diaryl/α,β-unsaturated/α-hetero) is 1. The smallest absolute Gasteiger partial charge is 0.137 e. The molecule has 2 atom stereocenters. The predicted molar refractivity (Wildman–Crippen MR) is 78.8 cm³/mol. The van der Waals surface area contributed by atoms with Crippen molar-refractivity contribution >= 4 is 5.78 Å². The first-order valence-corrected chi connectivity index (χ1v) is 7.67. The molecule has 20 heavy (non-hydrogen) atoms. The second-order valence-electron chi connectivity index (χ2n) is 5.99. The van der Waals surface area contributed by atoms with Crippen molar-refractivity contribution in [3.8, 4) is 5.75 Å². The van der Waals surface area contributed by atoms with Crippen LogP contribution in [0, 0.1) is 5.92 Å². The van der Waals surface area contributed by atoms with Crippen LogP contribution in [0.3, 0.4) is 0 Å². The first-order valence-electron chi connectivity index (χ1n) is 7.67. The van der Waals surface area contributed by atoms with Crippen molar-refractivity contribution in [1.29, 1.82) is 0 Å². The van der Waals surface area contributed by atoms with E-state index in [0.717, 1.165) is 38.1 Å². The molecule has 0 amide bonds. The molecule has 0 spiro atoms. The third kappa shape index (κ3) is 2.73. The monoisotopic (exact) mass is 273 g/mol. The lowest BCUT2D eigenvalue weighted by atomic mass is 9.95. The van der Waals surface area contributed by atoms with Gasteiger partial charge in [-0.2, -0.15) is 0 Å². The first-order chi connectivity index (χ1) is 9.78. The van der Waals surface area contributed by atoms with Gasteiger partial charge in [-0.1, -0.05) is 12.1 Å². The Bertz CT molecular complexity index is 468. The molecular formula is C17H23NO2. The van der Waals surface area contributed by atoms with Crippen LogP contribution in [0.25, 0.3) is 0 Å². The third-order valence-electron chi connectivity index (χ3n) is 4.78. The highest BCUT2D eigenvalue weighted by molar-refractivity contribution is 5.83. The van der Waals surface area contributed by atoms with Crippen LogP contribution < -0.4 is 4.74 Å².